The van der Waals surface area contributed by atoms with Gasteiger partial charge in [0.25, 0.3) is 0 Å². The molecule has 2 N–H and O–H groups in total. The molecule has 2 rings (SSSR count). The van der Waals surface area contributed by atoms with Gasteiger partial charge in [0.1, 0.15) is 0 Å². The average molecular weight is 255 g/mol. The van der Waals surface area contributed by atoms with Crippen LogP contribution in [0, 0.1) is 0 Å². The Hall–Kier alpha value is -0.120. The third-order valence-electron chi connectivity index (χ3n) is 4.77. The van der Waals surface area contributed by atoms with Gasteiger partial charge in [-0.15, -0.1) is 0 Å². The van der Waals surface area contributed by atoms with E-state index >= 15 is 0 Å². The van der Waals surface area contributed by atoms with Crippen molar-refractivity contribution >= 4 is 0 Å². The van der Waals surface area contributed by atoms with Crippen LogP contribution in [0.2, 0.25) is 0 Å². The Morgan fingerprint density at radius 2 is 1.72 bits per heavy atom. The molecule has 2 fully saturated rings. The number of aliphatic hydroxyl groups is 1. The van der Waals surface area contributed by atoms with Gasteiger partial charge in [0.05, 0.1) is 23.3 Å². The SMILES string of the molecule is CC1(C)CC(CO)(NC2CCCCC2)C(C)(C)O1. The van der Waals surface area contributed by atoms with E-state index in [1.54, 1.807) is 0 Å². The van der Waals surface area contributed by atoms with E-state index in [-0.39, 0.29) is 23.3 Å². The van der Waals surface area contributed by atoms with Crippen LogP contribution >= 0.6 is 0 Å². The Morgan fingerprint density at radius 1 is 1.11 bits per heavy atom. The van der Waals surface area contributed by atoms with Crippen LogP contribution in [0.4, 0.5) is 0 Å². The molecule has 1 saturated carbocycles. The summed E-state index contributed by atoms with van der Waals surface area (Å²) >= 11 is 0. The molecule has 0 aromatic carbocycles. The zero-order chi connectivity index (χ0) is 13.4. The second-order valence-corrected chi connectivity index (χ2v) is 7.27. The largest absolute Gasteiger partial charge is 0.394 e. The molecule has 0 radical (unpaired) electrons. The van der Waals surface area contributed by atoms with Gasteiger partial charge in [-0.3, -0.25) is 0 Å². The Labute approximate surface area is 111 Å². The molecule has 0 spiro atoms. The van der Waals surface area contributed by atoms with Crippen LogP contribution in [0.1, 0.15) is 66.2 Å². The summed E-state index contributed by atoms with van der Waals surface area (Å²) in [7, 11) is 0. The van der Waals surface area contributed by atoms with Gasteiger partial charge >= 0.3 is 0 Å². The van der Waals surface area contributed by atoms with Crippen LogP contribution in [0.5, 0.6) is 0 Å². The van der Waals surface area contributed by atoms with E-state index in [1.807, 2.05) is 0 Å². The minimum Gasteiger partial charge on any atom is -0.394 e. The zero-order valence-corrected chi connectivity index (χ0v) is 12.4. The second-order valence-electron chi connectivity index (χ2n) is 7.27. The summed E-state index contributed by atoms with van der Waals surface area (Å²) in [6.07, 6.45) is 7.32. The first-order valence-corrected chi connectivity index (χ1v) is 7.39. The highest BCUT2D eigenvalue weighted by molar-refractivity contribution is 5.12. The molecular formula is C15H29NO2. The molecule has 1 aliphatic heterocycles. The number of hydrogen-bond donors (Lipinski definition) is 2. The quantitative estimate of drug-likeness (QED) is 0.814. The number of nitrogens with one attached hydrogen (secondary N) is 1. The van der Waals surface area contributed by atoms with Gasteiger partial charge < -0.3 is 15.2 Å². The molecule has 3 heteroatoms. The van der Waals surface area contributed by atoms with E-state index in [4.69, 9.17) is 4.74 Å². The normalized spacial score (nSPS) is 35.8. The van der Waals surface area contributed by atoms with Crippen molar-refractivity contribution in [3.8, 4) is 0 Å². The molecule has 2 aliphatic rings. The number of hydrogen-bond acceptors (Lipinski definition) is 3. The highest BCUT2D eigenvalue weighted by Crippen LogP contribution is 2.45. The van der Waals surface area contributed by atoms with E-state index < -0.39 is 0 Å². The number of ether oxygens (including phenoxy) is 1. The molecule has 1 unspecified atom stereocenters. The van der Waals surface area contributed by atoms with E-state index in [9.17, 15) is 5.11 Å². The van der Waals surface area contributed by atoms with Crippen molar-refractivity contribution in [1.29, 1.82) is 0 Å². The summed E-state index contributed by atoms with van der Waals surface area (Å²) in [6, 6.07) is 0.544. The van der Waals surface area contributed by atoms with Gasteiger partial charge in [-0.1, -0.05) is 19.3 Å². The van der Waals surface area contributed by atoms with Gasteiger partial charge in [-0.05, 0) is 47.0 Å². The average Bonchev–Trinajstić information content (AvgIpc) is 2.45. The summed E-state index contributed by atoms with van der Waals surface area (Å²) in [5, 5.41) is 13.7. The fraction of sp³-hybridized carbons (Fsp3) is 1.00. The first kappa shape index (κ1) is 14.3. The zero-order valence-electron chi connectivity index (χ0n) is 12.4. The predicted octanol–water partition coefficient (Wildman–Crippen LogP) is 2.62. The molecule has 1 aliphatic carbocycles. The van der Waals surface area contributed by atoms with Crippen molar-refractivity contribution in [2.75, 3.05) is 6.61 Å². The summed E-state index contributed by atoms with van der Waals surface area (Å²) in [6.45, 7) is 8.60. The van der Waals surface area contributed by atoms with Gasteiger partial charge in [0.2, 0.25) is 0 Å². The van der Waals surface area contributed by atoms with E-state index in [0.29, 0.717) is 6.04 Å². The molecule has 0 aromatic rings. The van der Waals surface area contributed by atoms with Crippen molar-refractivity contribution in [2.24, 2.45) is 0 Å². The van der Waals surface area contributed by atoms with Gasteiger partial charge in [0, 0.05) is 6.04 Å². The molecule has 18 heavy (non-hydrogen) atoms. The van der Waals surface area contributed by atoms with Crippen molar-refractivity contribution in [3.05, 3.63) is 0 Å². The minimum absolute atomic E-state index is 0.153. The minimum atomic E-state index is -0.317. The lowest BCUT2D eigenvalue weighted by Gasteiger charge is -2.42. The molecule has 106 valence electrons. The third-order valence-corrected chi connectivity index (χ3v) is 4.77. The molecule has 0 bridgehead atoms. The van der Waals surface area contributed by atoms with E-state index in [0.717, 1.165) is 6.42 Å². The summed E-state index contributed by atoms with van der Waals surface area (Å²) in [4.78, 5) is 0. The maximum absolute atomic E-state index is 9.97. The molecule has 1 heterocycles. The standard InChI is InChI=1S/C15H29NO2/c1-13(2)10-15(11-17,14(3,4)18-13)16-12-8-6-5-7-9-12/h12,16-17H,5-11H2,1-4H3. The van der Waals surface area contributed by atoms with E-state index in [2.05, 4.69) is 33.0 Å². The summed E-state index contributed by atoms with van der Waals surface area (Å²) in [5.74, 6) is 0. The Bertz CT molecular complexity index is 295. The summed E-state index contributed by atoms with van der Waals surface area (Å²) in [5.41, 5.74) is -0.769. The van der Waals surface area contributed by atoms with Gasteiger partial charge in [-0.2, -0.15) is 0 Å². The molecular weight excluding hydrogens is 226 g/mol. The molecule has 0 aromatic heterocycles. The highest BCUT2D eigenvalue weighted by atomic mass is 16.5. The Balaban J connectivity index is 2.14. The maximum atomic E-state index is 9.97. The van der Waals surface area contributed by atoms with Crippen LogP contribution in [0.3, 0.4) is 0 Å². The van der Waals surface area contributed by atoms with Crippen LogP contribution in [0.15, 0.2) is 0 Å². The lowest BCUT2D eigenvalue weighted by molar-refractivity contribution is -0.0917. The van der Waals surface area contributed by atoms with Gasteiger partial charge in [-0.25, -0.2) is 0 Å². The topological polar surface area (TPSA) is 41.5 Å². The van der Waals surface area contributed by atoms with Crippen molar-refractivity contribution < 1.29 is 9.84 Å². The second kappa shape index (κ2) is 4.77. The molecule has 1 atom stereocenters. The number of aliphatic hydroxyl groups excluding tert-OH is 1. The van der Waals surface area contributed by atoms with Gasteiger partial charge in [0.15, 0.2) is 0 Å². The maximum Gasteiger partial charge on any atom is 0.0838 e. The third kappa shape index (κ3) is 2.59. The van der Waals surface area contributed by atoms with Crippen LogP contribution in [-0.2, 0) is 4.74 Å². The fourth-order valence-electron chi connectivity index (χ4n) is 3.92. The predicted molar refractivity (Wildman–Crippen MR) is 73.7 cm³/mol. The molecule has 3 nitrogen and oxygen atoms in total. The summed E-state index contributed by atoms with van der Waals surface area (Å²) < 4.78 is 6.16. The first-order chi connectivity index (χ1) is 8.30. The van der Waals surface area contributed by atoms with Crippen molar-refractivity contribution in [2.45, 2.75) is 89.0 Å². The highest BCUT2D eigenvalue weighted by Gasteiger charge is 2.57. The Morgan fingerprint density at radius 3 is 2.17 bits per heavy atom. The Kier molecular flexibility index (Phi) is 3.79. The number of rotatable bonds is 3. The monoisotopic (exact) mass is 255 g/mol. The lowest BCUT2D eigenvalue weighted by atomic mass is 9.78. The van der Waals surface area contributed by atoms with Crippen LogP contribution < -0.4 is 5.32 Å². The van der Waals surface area contributed by atoms with Crippen LogP contribution in [0.25, 0.3) is 0 Å². The van der Waals surface area contributed by atoms with E-state index in [1.165, 1.54) is 32.1 Å². The van der Waals surface area contributed by atoms with Crippen LogP contribution in [-0.4, -0.2) is 34.5 Å². The molecule has 1 saturated heterocycles. The first-order valence-electron chi connectivity index (χ1n) is 7.39. The smallest absolute Gasteiger partial charge is 0.0838 e. The lowest BCUT2D eigenvalue weighted by Crippen LogP contribution is -2.62. The molecule has 0 amide bonds. The van der Waals surface area contributed by atoms with Crippen molar-refractivity contribution in [3.63, 3.8) is 0 Å². The fourth-order valence-corrected chi connectivity index (χ4v) is 3.92. The van der Waals surface area contributed by atoms with Crippen molar-refractivity contribution in [1.82, 2.24) is 5.32 Å².